The lowest BCUT2D eigenvalue weighted by Crippen LogP contribution is -2.45. The van der Waals surface area contributed by atoms with Crippen LogP contribution in [0.2, 0.25) is 0 Å². The average Bonchev–Trinajstić information content (AvgIpc) is 3.59. The molecule has 1 atom stereocenters. The Kier molecular flexibility index (Phi) is 7.44. The smallest absolute Gasteiger partial charge is 0.253 e. The maximum Gasteiger partial charge on any atom is 0.253 e. The van der Waals surface area contributed by atoms with Crippen molar-refractivity contribution in [1.29, 1.82) is 0 Å². The predicted molar refractivity (Wildman–Crippen MR) is 189 cm³/mol. The van der Waals surface area contributed by atoms with Crippen molar-refractivity contribution in [2.45, 2.75) is 24.4 Å². The van der Waals surface area contributed by atoms with Gasteiger partial charge in [-0.1, -0.05) is 0 Å². The minimum absolute atomic E-state index is 0.0780. The first kappa shape index (κ1) is 31.5. The summed E-state index contributed by atoms with van der Waals surface area (Å²) in [5, 5.41) is 8.77. The number of hydrogen-bond acceptors (Lipinski definition) is 11. The number of likely N-dealkylation sites (N-methyl/N-ethyl adjacent to an activating group) is 2. The molecule has 0 bridgehead atoms. The molecule has 3 aromatic heterocycles. The summed E-state index contributed by atoms with van der Waals surface area (Å²) in [6, 6.07) is 2.42. The number of ether oxygens (including phenoxy) is 1. The summed E-state index contributed by atoms with van der Waals surface area (Å²) in [5.74, 6) is -0.0704. The molecule has 15 heteroatoms. The van der Waals surface area contributed by atoms with E-state index in [2.05, 4.69) is 31.9 Å². The second-order valence-corrected chi connectivity index (χ2v) is 14.8. The molecule has 2 saturated heterocycles. The summed E-state index contributed by atoms with van der Waals surface area (Å²) >= 11 is 1.57. The van der Waals surface area contributed by atoms with E-state index in [1.54, 1.807) is 24.2 Å². The number of thioether (sulfide) groups is 1. The van der Waals surface area contributed by atoms with Crippen LogP contribution in [-0.4, -0.2) is 108 Å². The van der Waals surface area contributed by atoms with Crippen LogP contribution < -0.4 is 25.4 Å². The highest BCUT2D eigenvalue weighted by atomic mass is 32.2. The standard InChI is InChI=1S/C35H36F2N8O4S/c1-19-18-48-32-26-20(14-24(36)28(32)42-8-4-40(2)5-9-42)30(46)23(17-45(19)26)35-39-38-34(49-35)22-16-44-12-13-50-33-27(44)21(31(22)47)15-25(37)29(33)43-10-6-41(3)7-11-43/h14-17,19H,4-13,18H2,1-3H3/t19-/m1/s1. The second kappa shape index (κ2) is 11.8. The van der Waals surface area contributed by atoms with Crippen molar-refractivity contribution in [1.82, 2.24) is 29.1 Å². The lowest BCUT2D eigenvalue weighted by Gasteiger charge is -2.37. The van der Waals surface area contributed by atoms with Crippen molar-refractivity contribution >= 4 is 44.9 Å². The minimum atomic E-state index is -0.530. The van der Waals surface area contributed by atoms with E-state index in [-0.39, 0.29) is 46.3 Å². The zero-order chi connectivity index (χ0) is 34.4. The monoisotopic (exact) mass is 702 g/mol. The zero-order valence-corrected chi connectivity index (χ0v) is 28.9. The molecule has 260 valence electrons. The Labute approximate surface area is 289 Å². The number of aryl methyl sites for hydroxylation is 1. The van der Waals surface area contributed by atoms with Gasteiger partial charge in [0.15, 0.2) is 11.6 Å². The van der Waals surface area contributed by atoms with Gasteiger partial charge in [-0.05, 0) is 33.2 Å². The fraction of sp³-hybridized carbons (Fsp3) is 0.429. The Morgan fingerprint density at radius 2 is 1.32 bits per heavy atom. The van der Waals surface area contributed by atoms with Crippen LogP contribution in [0, 0.1) is 11.6 Å². The highest BCUT2D eigenvalue weighted by molar-refractivity contribution is 7.99. The van der Waals surface area contributed by atoms with E-state index in [1.807, 2.05) is 28.0 Å². The number of aromatic nitrogens is 4. The molecule has 4 aliphatic rings. The molecule has 7 heterocycles. The number of halogens is 2. The summed E-state index contributed by atoms with van der Waals surface area (Å²) in [5.41, 5.74) is 1.42. The second-order valence-electron chi connectivity index (χ2n) is 13.7. The Morgan fingerprint density at radius 1 is 0.760 bits per heavy atom. The van der Waals surface area contributed by atoms with E-state index in [0.29, 0.717) is 66.6 Å². The summed E-state index contributed by atoms with van der Waals surface area (Å²) in [4.78, 5) is 37.2. The number of hydrogen-bond donors (Lipinski definition) is 0. The zero-order valence-electron chi connectivity index (χ0n) is 28.0. The Bertz CT molecular complexity index is 2320. The van der Waals surface area contributed by atoms with E-state index >= 15 is 8.78 Å². The number of nitrogens with zero attached hydrogens (tertiary/aromatic N) is 8. The number of anilines is 2. The van der Waals surface area contributed by atoms with Crippen molar-refractivity contribution in [2.75, 3.05) is 88.6 Å². The molecule has 0 aliphatic carbocycles. The van der Waals surface area contributed by atoms with Gasteiger partial charge in [-0.25, -0.2) is 8.78 Å². The highest BCUT2D eigenvalue weighted by Crippen LogP contribution is 2.44. The highest BCUT2D eigenvalue weighted by Gasteiger charge is 2.32. The van der Waals surface area contributed by atoms with Gasteiger partial charge >= 0.3 is 0 Å². The van der Waals surface area contributed by atoms with Crippen molar-refractivity contribution in [3.05, 3.63) is 56.6 Å². The first-order chi connectivity index (χ1) is 24.2. The summed E-state index contributed by atoms with van der Waals surface area (Å²) < 4.78 is 47.8. The number of benzene rings is 2. The van der Waals surface area contributed by atoms with Gasteiger partial charge in [-0.15, -0.1) is 22.0 Å². The first-order valence-electron chi connectivity index (χ1n) is 17.0. The van der Waals surface area contributed by atoms with Gasteiger partial charge < -0.3 is 37.9 Å². The fourth-order valence-electron chi connectivity index (χ4n) is 7.65. The van der Waals surface area contributed by atoms with E-state index in [4.69, 9.17) is 9.15 Å². The molecule has 0 amide bonds. The minimum Gasteiger partial charge on any atom is -0.487 e. The molecule has 0 spiro atoms. The van der Waals surface area contributed by atoms with Crippen LogP contribution >= 0.6 is 11.8 Å². The lowest BCUT2D eigenvalue weighted by molar-refractivity contribution is 0.245. The molecule has 12 nitrogen and oxygen atoms in total. The van der Waals surface area contributed by atoms with Crippen molar-refractivity contribution in [3.63, 3.8) is 0 Å². The third-order valence-electron chi connectivity index (χ3n) is 10.5. The Balaban J connectivity index is 1.14. The van der Waals surface area contributed by atoms with Crippen molar-refractivity contribution in [2.24, 2.45) is 0 Å². The normalized spacial score (nSPS) is 19.8. The SMILES string of the molecule is C[C@@H]1COc2c(N3CCN(C)CC3)c(F)cc3c(=O)c(-c4nnc(-c5cn6c7c(c(N8CCN(C)CC8)c(F)cc7c5=O)SCC6)o4)cn1c23. The number of rotatable bonds is 4. The number of piperazine rings is 2. The average molecular weight is 703 g/mol. The van der Waals surface area contributed by atoms with E-state index in [0.717, 1.165) is 31.1 Å². The summed E-state index contributed by atoms with van der Waals surface area (Å²) in [6.07, 6.45) is 3.34. The molecular weight excluding hydrogens is 667 g/mol. The number of pyridine rings is 2. The summed E-state index contributed by atoms with van der Waals surface area (Å²) in [7, 11) is 4.09. The molecular formula is C35H36F2N8O4S. The molecule has 2 fully saturated rings. The van der Waals surface area contributed by atoms with Crippen LogP contribution in [0.4, 0.5) is 20.2 Å². The third kappa shape index (κ3) is 4.84. The van der Waals surface area contributed by atoms with Crippen LogP contribution in [0.5, 0.6) is 5.75 Å². The molecule has 9 rings (SSSR count). The molecule has 0 unspecified atom stereocenters. The van der Waals surface area contributed by atoms with Crippen LogP contribution in [0.3, 0.4) is 0 Å². The van der Waals surface area contributed by atoms with Crippen molar-refractivity contribution in [3.8, 4) is 28.7 Å². The maximum atomic E-state index is 15.9. The van der Waals surface area contributed by atoms with E-state index in [1.165, 1.54) is 12.1 Å². The molecule has 5 aromatic rings. The maximum absolute atomic E-state index is 15.9. The van der Waals surface area contributed by atoms with Crippen molar-refractivity contribution < 1.29 is 17.9 Å². The van der Waals surface area contributed by atoms with Gasteiger partial charge in [-0.2, -0.15) is 0 Å². The third-order valence-corrected chi connectivity index (χ3v) is 11.6. The topological polar surface area (TPSA) is 105 Å². The molecule has 2 aromatic carbocycles. The first-order valence-corrected chi connectivity index (χ1v) is 17.9. The molecule has 0 saturated carbocycles. The van der Waals surface area contributed by atoms with Gasteiger partial charge in [0.25, 0.3) is 11.8 Å². The lowest BCUT2D eigenvalue weighted by atomic mass is 10.1. The molecule has 4 aliphatic heterocycles. The molecule has 50 heavy (non-hydrogen) atoms. The van der Waals surface area contributed by atoms with Crippen LogP contribution in [-0.2, 0) is 6.54 Å². The van der Waals surface area contributed by atoms with Crippen LogP contribution in [0.25, 0.3) is 44.7 Å². The Morgan fingerprint density at radius 3 is 1.96 bits per heavy atom. The predicted octanol–water partition coefficient (Wildman–Crippen LogP) is 3.87. The van der Waals surface area contributed by atoms with E-state index in [9.17, 15) is 9.59 Å². The molecule has 0 radical (unpaired) electrons. The summed E-state index contributed by atoms with van der Waals surface area (Å²) in [6.45, 7) is 8.75. The van der Waals surface area contributed by atoms with Crippen LogP contribution in [0.15, 0.2) is 43.4 Å². The quantitative estimate of drug-likeness (QED) is 0.273. The van der Waals surface area contributed by atoms with Gasteiger partial charge in [0.05, 0.1) is 38.4 Å². The van der Waals surface area contributed by atoms with Gasteiger partial charge in [0, 0.05) is 77.0 Å². The Hall–Kier alpha value is -4.47. The van der Waals surface area contributed by atoms with E-state index < -0.39 is 22.5 Å². The largest absolute Gasteiger partial charge is 0.487 e. The van der Waals surface area contributed by atoms with Gasteiger partial charge in [0.1, 0.15) is 29.2 Å². The van der Waals surface area contributed by atoms with Gasteiger partial charge in [0.2, 0.25) is 10.9 Å². The fourth-order valence-corrected chi connectivity index (χ4v) is 8.87. The molecule has 0 N–H and O–H groups in total. The van der Waals surface area contributed by atoms with Crippen LogP contribution in [0.1, 0.15) is 13.0 Å². The van der Waals surface area contributed by atoms with Gasteiger partial charge in [-0.3, -0.25) is 9.59 Å².